The molecule has 0 amide bonds. The van der Waals surface area contributed by atoms with E-state index in [1.54, 1.807) is 29.1 Å². The second-order valence-electron chi connectivity index (χ2n) is 6.34. The van der Waals surface area contributed by atoms with Crippen LogP contribution in [0.15, 0.2) is 53.1 Å². The predicted molar refractivity (Wildman–Crippen MR) is 105 cm³/mol. The number of aliphatic carboxylic acids is 1. The molecule has 0 aliphatic heterocycles. The summed E-state index contributed by atoms with van der Waals surface area (Å²) in [6.45, 7) is 1.96. The summed E-state index contributed by atoms with van der Waals surface area (Å²) in [5.74, 6) is -2.76. The predicted octanol–water partition coefficient (Wildman–Crippen LogP) is 2.06. The average molecular weight is 475 g/mol. The molecule has 10 nitrogen and oxygen atoms in total. The third kappa shape index (κ3) is 6.55. The van der Waals surface area contributed by atoms with Gasteiger partial charge in [-0.15, -0.1) is 0 Å². The fraction of sp³-hybridized carbons (Fsp3) is 0.278. The van der Waals surface area contributed by atoms with Crippen molar-refractivity contribution in [3.8, 4) is 16.8 Å². The van der Waals surface area contributed by atoms with Gasteiger partial charge in [-0.25, -0.2) is 9.59 Å². The summed E-state index contributed by atoms with van der Waals surface area (Å²) >= 11 is 0. The standard InChI is InChI=1S/C16H17F2N7O.C2HF3O2/c1-2-23-9-13(8-20-23)11-4-3-5-14(6-11)25-16(26)24(21-22-25)10-12(7-19)15(17)18;3-2(4,5)1(6)7/h3-6,8-9H,2,7,10,19H2,1H3;(H,6,7). The van der Waals surface area contributed by atoms with Gasteiger partial charge in [0.15, 0.2) is 0 Å². The molecule has 0 spiro atoms. The smallest absolute Gasteiger partial charge is 0.475 e. The van der Waals surface area contributed by atoms with Crippen LogP contribution in [0.5, 0.6) is 0 Å². The molecule has 0 bridgehead atoms. The fourth-order valence-electron chi connectivity index (χ4n) is 2.42. The minimum absolute atomic E-state index is 0.361. The van der Waals surface area contributed by atoms with Gasteiger partial charge in [0.1, 0.15) is 0 Å². The van der Waals surface area contributed by atoms with Gasteiger partial charge in [0.05, 0.1) is 18.4 Å². The Morgan fingerprint density at radius 3 is 2.36 bits per heavy atom. The van der Waals surface area contributed by atoms with Crippen molar-refractivity contribution in [2.24, 2.45) is 5.73 Å². The number of carboxylic acid groups (broad SMARTS) is 1. The molecule has 3 N–H and O–H groups in total. The Labute approximate surface area is 182 Å². The van der Waals surface area contributed by atoms with Gasteiger partial charge in [-0.3, -0.25) is 4.68 Å². The molecular weight excluding hydrogens is 457 g/mol. The Bertz CT molecular complexity index is 1190. The highest BCUT2D eigenvalue weighted by atomic mass is 19.4. The van der Waals surface area contributed by atoms with E-state index >= 15 is 0 Å². The first kappa shape index (κ1) is 25.4. The quantitative estimate of drug-likeness (QED) is 0.521. The molecule has 0 aliphatic rings. The number of hydrogen-bond acceptors (Lipinski definition) is 6. The molecule has 3 rings (SSSR count). The van der Waals surface area contributed by atoms with Crippen LogP contribution in [0.2, 0.25) is 0 Å². The van der Waals surface area contributed by atoms with Crippen LogP contribution in [-0.2, 0) is 17.9 Å². The second-order valence-corrected chi connectivity index (χ2v) is 6.34. The van der Waals surface area contributed by atoms with Crippen LogP contribution in [0.4, 0.5) is 22.0 Å². The van der Waals surface area contributed by atoms with Crippen molar-refractivity contribution in [1.82, 2.24) is 29.6 Å². The molecule has 15 heteroatoms. The van der Waals surface area contributed by atoms with Gasteiger partial charge < -0.3 is 10.8 Å². The van der Waals surface area contributed by atoms with E-state index in [1.165, 1.54) is 0 Å². The lowest BCUT2D eigenvalue weighted by Crippen LogP contribution is -2.26. The Morgan fingerprint density at radius 2 is 1.85 bits per heavy atom. The van der Waals surface area contributed by atoms with E-state index in [0.29, 0.717) is 5.69 Å². The van der Waals surface area contributed by atoms with Crippen molar-refractivity contribution in [2.45, 2.75) is 26.2 Å². The molecule has 0 aliphatic carbocycles. The van der Waals surface area contributed by atoms with Crippen LogP contribution in [0, 0.1) is 0 Å². The number of nitrogens with two attached hydrogens (primary N) is 1. The van der Waals surface area contributed by atoms with Gasteiger partial charge in [0, 0.05) is 30.4 Å². The normalized spacial score (nSPS) is 11.0. The number of carboxylic acids is 1. The summed E-state index contributed by atoms with van der Waals surface area (Å²) in [5, 5.41) is 18.8. The number of hydrogen-bond donors (Lipinski definition) is 2. The van der Waals surface area contributed by atoms with Crippen molar-refractivity contribution in [2.75, 3.05) is 6.54 Å². The van der Waals surface area contributed by atoms with Crippen LogP contribution >= 0.6 is 0 Å². The van der Waals surface area contributed by atoms with Gasteiger partial charge in [-0.1, -0.05) is 12.1 Å². The molecule has 0 saturated heterocycles. The largest absolute Gasteiger partial charge is 0.490 e. The van der Waals surface area contributed by atoms with E-state index in [-0.39, 0.29) is 12.1 Å². The lowest BCUT2D eigenvalue weighted by molar-refractivity contribution is -0.192. The van der Waals surface area contributed by atoms with Gasteiger partial charge in [0.25, 0.3) is 6.08 Å². The lowest BCUT2D eigenvalue weighted by Gasteiger charge is -2.03. The summed E-state index contributed by atoms with van der Waals surface area (Å²) in [6, 6.07) is 7.09. The topological polar surface area (TPSA) is 134 Å². The zero-order valence-electron chi connectivity index (χ0n) is 17.0. The molecule has 178 valence electrons. The number of carbonyl (C=O) groups is 1. The lowest BCUT2D eigenvalue weighted by atomic mass is 10.1. The van der Waals surface area contributed by atoms with Crippen LogP contribution in [0.1, 0.15) is 6.92 Å². The minimum Gasteiger partial charge on any atom is -0.475 e. The van der Waals surface area contributed by atoms with Gasteiger partial charge >= 0.3 is 17.8 Å². The van der Waals surface area contributed by atoms with Crippen molar-refractivity contribution in [1.29, 1.82) is 0 Å². The van der Waals surface area contributed by atoms with E-state index in [1.807, 2.05) is 19.2 Å². The summed E-state index contributed by atoms with van der Waals surface area (Å²) in [7, 11) is 0. The molecule has 2 heterocycles. The highest BCUT2D eigenvalue weighted by Gasteiger charge is 2.38. The Balaban J connectivity index is 0.000000479. The molecule has 3 aromatic rings. The second kappa shape index (κ2) is 10.6. The zero-order valence-corrected chi connectivity index (χ0v) is 17.0. The average Bonchev–Trinajstić information content (AvgIpc) is 3.38. The Morgan fingerprint density at radius 1 is 1.18 bits per heavy atom. The van der Waals surface area contributed by atoms with Crippen molar-refractivity contribution in [3.05, 3.63) is 58.8 Å². The van der Waals surface area contributed by atoms with Crippen molar-refractivity contribution in [3.63, 3.8) is 0 Å². The molecule has 0 saturated carbocycles. The molecule has 0 fully saturated rings. The first-order chi connectivity index (χ1) is 15.5. The molecule has 2 aromatic heterocycles. The van der Waals surface area contributed by atoms with Crippen LogP contribution in [0.25, 0.3) is 16.8 Å². The molecule has 0 radical (unpaired) electrons. The van der Waals surface area contributed by atoms with E-state index in [2.05, 4.69) is 15.5 Å². The monoisotopic (exact) mass is 475 g/mol. The summed E-state index contributed by atoms with van der Waals surface area (Å²) in [4.78, 5) is 21.3. The SMILES string of the molecule is CCn1cc(-c2cccc(-n3nnn(CC(CN)=C(F)F)c3=O)c2)cn1.O=C(O)C(F)(F)F. The summed E-state index contributed by atoms with van der Waals surface area (Å²) in [6.07, 6.45) is -3.38. The molecule has 33 heavy (non-hydrogen) atoms. The zero-order chi connectivity index (χ0) is 24.8. The van der Waals surface area contributed by atoms with Crippen molar-refractivity contribution < 1.29 is 31.9 Å². The van der Waals surface area contributed by atoms with Crippen LogP contribution in [-0.4, -0.2) is 53.4 Å². The fourth-order valence-corrected chi connectivity index (χ4v) is 2.42. The number of aromatic nitrogens is 6. The van der Waals surface area contributed by atoms with E-state index < -0.39 is 30.5 Å². The third-order valence-electron chi connectivity index (χ3n) is 4.12. The molecule has 1 aromatic carbocycles. The molecule has 0 atom stereocenters. The number of nitrogens with zero attached hydrogens (tertiary/aromatic N) is 6. The first-order valence-corrected chi connectivity index (χ1v) is 9.17. The number of tetrazole rings is 1. The maximum absolute atomic E-state index is 12.7. The summed E-state index contributed by atoms with van der Waals surface area (Å²) < 4.78 is 60.9. The number of halogens is 5. The van der Waals surface area contributed by atoms with Gasteiger partial charge in [0.2, 0.25) is 0 Å². The van der Waals surface area contributed by atoms with Crippen LogP contribution in [0.3, 0.4) is 0 Å². The van der Waals surface area contributed by atoms with Crippen molar-refractivity contribution >= 4 is 5.97 Å². The van der Waals surface area contributed by atoms with E-state index in [9.17, 15) is 26.7 Å². The minimum atomic E-state index is -5.08. The molecule has 0 unspecified atom stereocenters. The van der Waals surface area contributed by atoms with Crippen LogP contribution < -0.4 is 11.4 Å². The number of benzene rings is 1. The Kier molecular flexibility index (Phi) is 8.17. The maximum atomic E-state index is 12.7. The van der Waals surface area contributed by atoms with Gasteiger partial charge in [-0.05, 0) is 35.0 Å². The summed E-state index contributed by atoms with van der Waals surface area (Å²) in [5.41, 5.74) is 6.50. The molecular formula is C18H18F5N7O3. The number of rotatable bonds is 6. The first-order valence-electron chi connectivity index (χ1n) is 9.17. The highest BCUT2D eigenvalue weighted by molar-refractivity contribution is 5.73. The maximum Gasteiger partial charge on any atom is 0.490 e. The van der Waals surface area contributed by atoms with E-state index in [4.69, 9.17) is 15.6 Å². The third-order valence-corrected chi connectivity index (χ3v) is 4.12. The highest BCUT2D eigenvalue weighted by Crippen LogP contribution is 2.21. The van der Waals surface area contributed by atoms with E-state index in [0.717, 1.165) is 27.0 Å². The number of alkyl halides is 3. The van der Waals surface area contributed by atoms with Gasteiger partial charge in [-0.2, -0.15) is 36.4 Å². The number of aryl methyl sites for hydroxylation is 1. The Hall–Kier alpha value is -3.88.